The van der Waals surface area contributed by atoms with Crippen molar-refractivity contribution in [2.45, 2.75) is 44.8 Å². The van der Waals surface area contributed by atoms with Crippen molar-refractivity contribution in [1.29, 1.82) is 0 Å². The molecule has 2 rings (SSSR count). The van der Waals surface area contributed by atoms with Crippen LogP contribution in [-0.2, 0) is 9.53 Å². The lowest BCUT2D eigenvalue weighted by Gasteiger charge is -2.36. The number of urea groups is 1. The van der Waals surface area contributed by atoms with Gasteiger partial charge in [0.15, 0.2) is 0 Å². The van der Waals surface area contributed by atoms with E-state index in [0.717, 1.165) is 19.3 Å². The number of carbonyl (C=O) groups is 2. The number of aliphatic carboxylic acids is 1. The van der Waals surface area contributed by atoms with Gasteiger partial charge in [-0.1, -0.05) is 13.3 Å². The Hall–Kier alpha value is -1.30. The van der Waals surface area contributed by atoms with Crippen LogP contribution in [0.3, 0.4) is 0 Å². The highest BCUT2D eigenvalue weighted by molar-refractivity contribution is 5.77. The van der Waals surface area contributed by atoms with Crippen LogP contribution in [0.5, 0.6) is 0 Å². The zero-order chi connectivity index (χ0) is 14.7. The van der Waals surface area contributed by atoms with E-state index in [0.29, 0.717) is 25.4 Å². The van der Waals surface area contributed by atoms with Crippen LogP contribution < -0.4 is 5.32 Å². The van der Waals surface area contributed by atoms with Crippen LogP contribution in [0.1, 0.15) is 32.6 Å². The number of hydrogen-bond donors (Lipinski definition) is 2. The van der Waals surface area contributed by atoms with Crippen molar-refractivity contribution < 1.29 is 19.4 Å². The van der Waals surface area contributed by atoms with Crippen LogP contribution in [0.25, 0.3) is 0 Å². The minimum Gasteiger partial charge on any atom is -0.481 e. The number of ether oxygens (including phenoxy) is 1. The minimum atomic E-state index is -0.810. The van der Waals surface area contributed by atoms with E-state index in [1.807, 2.05) is 0 Å². The normalized spacial score (nSPS) is 34.0. The number of nitrogens with zero attached hydrogens (tertiary/aromatic N) is 1. The van der Waals surface area contributed by atoms with Crippen molar-refractivity contribution in [3.05, 3.63) is 0 Å². The highest BCUT2D eigenvalue weighted by Gasteiger charge is 2.36. The van der Waals surface area contributed by atoms with Gasteiger partial charge in [0.2, 0.25) is 0 Å². The number of carboxylic acid groups (broad SMARTS) is 1. The molecule has 1 heterocycles. The number of methoxy groups -OCH3 is 1. The summed E-state index contributed by atoms with van der Waals surface area (Å²) in [6.07, 6.45) is 3.24. The monoisotopic (exact) mass is 284 g/mol. The highest BCUT2D eigenvalue weighted by Crippen LogP contribution is 2.26. The summed E-state index contributed by atoms with van der Waals surface area (Å²) in [5, 5.41) is 12.0. The van der Waals surface area contributed by atoms with Gasteiger partial charge in [-0.25, -0.2) is 4.79 Å². The van der Waals surface area contributed by atoms with Crippen molar-refractivity contribution in [2.75, 3.05) is 20.2 Å². The Morgan fingerprint density at radius 2 is 2.05 bits per heavy atom. The fourth-order valence-electron chi connectivity index (χ4n) is 3.20. The summed E-state index contributed by atoms with van der Waals surface area (Å²) in [6.45, 7) is 3.41. The lowest BCUT2D eigenvalue weighted by molar-refractivity contribution is -0.142. The summed E-state index contributed by atoms with van der Waals surface area (Å²) in [5.41, 5.74) is 0. The van der Waals surface area contributed by atoms with Crippen LogP contribution in [0.15, 0.2) is 0 Å². The van der Waals surface area contributed by atoms with Gasteiger partial charge in [0.1, 0.15) is 0 Å². The molecule has 0 aromatic heterocycles. The molecule has 1 saturated heterocycles. The number of hydrogen-bond acceptors (Lipinski definition) is 3. The number of nitrogens with one attached hydrogen (secondary N) is 1. The smallest absolute Gasteiger partial charge is 0.317 e. The SMILES string of the molecule is COC1CN(C(=O)NC2CCCC2C(=O)O)CCC1C. The van der Waals surface area contributed by atoms with E-state index in [9.17, 15) is 9.59 Å². The topological polar surface area (TPSA) is 78.9 Å². The van der Waals surface area contributed by atoms with E-state index >= 15 is 0 Å². The van der Waals surface area contributed by atoms with E-state index in [-0.39, 0.29) is 18.2 Å². The summed E-state index contributed by atoms with van der Waals surface area (Å²) in [4.78, 5) is 25.1. The molecule has 0 spiro atoms. The number of amides is 2. The Balaban J connectivity index is 1.90. The molecule has 114 valence electrons. The molecule has 6 nitrogen and oxygen atoms in total. The van der Waals surface area contributed by atoms with Crippen LogP contribution in [-0.4, -0.2) is 54.4 Å². The summed E-state index contributed by atoms with van der Waals surface area (Å²) >= 11 is 0. The van der Waals surface area contributed by atoms with Crippen molar-refractivity contribution in [3.63, 3.8) is 0 Å². The molecule has 1 aliphatic carbocycles. The molecule has 2 fully saturated rings. The van der Waals surface area contributed by atoms with Gasteiger partial charge in [0, 0.05) is 26.2 Å². The summed E-state index contributed by atoms with van der Waals surface area (Å²) in [6, 6.07) is -0.391. The first-order valence-electron chi connectivity index (χ1n) is 7.34. The lowest BCUT2D eigenvalue weighted by atomic mass is 9.96. The first-order chi connectivity index (χ1) is 9.52. The molecule has 4 unspecified atom stereocenters. The van der Waals surface area contributed by atoms with Crippen molar-refractivity contribution in [3.8, 4) is 0 Å². The second-order valence-electron chi connectivity index (χ2n) is 5.92. The molecule has 0 aromatic carbocycles. The molecule has 2 N–H and O–H groups in total. The molecule has 0 aromatic rings. The number of carbonyl (C=O) groups excluding carboxylic acids is 1. The average Bonchev–Trinajstić information content (AvgIpc) is 2.87. The van der Waals surface area contributed by atoms with Crippen LogP contribution in [0.4, 0.5) is 4.79 Å². The van der Waals surface area contributed by atoms with Crippen LogP contribution in [0, 0.1) is 11.8 Å². The molecule has 1 aliphatic heterocycles. The molecule has 6 heteroatoms. The highest BCUT2D eigenvalue weighted by atomic mass is 16.5. The van der Waals surface area contributed by atoms with Gasteiger partial charge >= 0.3 is 12.0 Å². The second kappa shape index (κ2) is 6.43. The zero-order valence-electron chi connectivity index (χ0n) is 12.2. The Labute approximate surface area is 119 Å². The first kappa shape index (κ1) is 15.1. The third-order valence-electron chi connectivity index (χ3n) is 4.62. The van der Waals surface area contributed by atoms with Gasteiger partial charge < -0.3 is 20.1 Å². The molecule has 2 amide bonds. The summed E-state index contributed by atoms with van der Waals surface area (Å²) in [7, 11) is 1.67. The quantitative estimate of drug-likeness (QED) is 0.819. The third kappa shape index (κ3) is 3.23. The fourth-order valence-corrected chi connectivity index (χ4v) is 3.20. The van der Waals surface area contributed by atoms with Gasteiger partial charge in [0.25, 0.3) is 0 Å². The van der Waals surface area contributed by atoms with Gasteiger partial charge in [-0.3, -0.25) is 4.79 Å². The summed E-state index contributed by atoms with van der Waals surface area (Å²) < 4.78 is 5.40. The molecule has 4 atom stereocenters. The van der Waals surface area contributed by atoms with Crippen LogP contribution >= 0.6 is 0 Å². The zero-order valence-corrected chi connectivity index (χ0v) is 12.2. The fraction of sp³-hybridized carbons (Fsp3) is 0.857. The molecule has 0 radical (unpaired) electrons. The standard InChI is InChI=1S/C14H24N2O4/c1-9-6-7-16(8-12(9)20-2)14(19)15-11-5-3-4-10(11)13(17)18/h9-12H,3-8H2,1-2H3,(H,15,19)(H,17,18). The largest absolute Gasteiger partial charge is 0.481 e. The number of likely N-dealkylation sites (tertiary alicyclic amines) is 1. The summed E-state index contributed by atoms with van der Waals surface area (Å²) in [5.74, 6) is -0.807. The van der Waals surface area contributed by atoms with E-state index in [1.165, 1.54) is 0 Å². The Morgan fingerprint density at radius 3 is 2.70 bits per heavy atom. The van der Waals surface area contributed by atoms with Crippen molar-refractivity contribution in [2.24, 2.45) is 11.8 Å². The number of piperidine rings is 1. The van der Waals surface area contributed by atoms with Crippen molar-refractivity contribution in [1.82, 2.24) is 10.2 Å². The lowest BCUT2D eigenvalue weighted by Crippen LogP contribution is -2.53. The Kier molecular flexibility index (Phi) is 4.86. The van der Waals surface area contributed by atoms with Gasteiger partial charge in [0.05, 0.1) is 12.0 Å². The average molecular weight is 284 g/mol. The van der Waals surface area contributed by atoms with E-state index < -0.39 is 11.9 Å². The molecular weight excluding hydrogens is 260 g/mol. The molecule has 2 aliphatic rings. The van der Waals surface area contributed by atoms with Gasteiger partial charge in [-0.05, 0) is 25.2 Å². The van der Waals surface area contributed by atoms with Crippen LogP contribution in [0.2, 0.25) is 0 Å². The van der Waals surface area contributed by atoms with Gasteiger partial charge in [-0.15, -0.1) is 0 Å². The number of carboxylic acids is 1. The van der Waals surface area contributed by atoms with Gasteiger partial charge in [-0.2, -0.15) is 0 Å². The van der Waals surface area contributed by atoms with Crippen molar-refractivity contribution >= 4 is 12.0 Å². The number of rotatable bonds is 3. The Morgan fingerprint density at radius 1 is 1.30 bits per heavy atom. The molecule has 20 heavy (non-hydrogen) atoms. The molecule has 0 bridgehead atoms. The molecular formula is C14H24N2O4. The first-order valence-corrected chi connectivity index (χ1v) is 7.34. The second-order valence-corrected chi connectivity index (χ2v) is 5.92. The Bertz CT molecular complexity index is 374. The minimum absolute atomic E-state index is 0.0633. The van der Waals surface area contributed by atoms with E-state index in [2.05, 4.69) is 12.2 Å². The van der Waals surface area contributed by atoms with E-state index in [1.54, 1.807) is 12.0 Å². The maximum Gasteiger partial charge on any atom is 0.317 e. The predicted octanol–water partition coefficient (Wildman–Crippen LogP) is 1.31. The maximum atomic E-state index is 12.3. The molecule has 1 saturated carbocycles. The maximum absolute atomic E-state index is 12.3. The van der Waals surface area contributed by atoms with E-state index in [4.69, 9.17) is 9.84 Å². The third-order valence-corrected chi connectivity index (χ3v) is 4.62. The predicted molar refractivity (Wildman–Crippen MR) is 73.4 cm³/mol.